The number of nitrogens with zero attached hydrogens (tertiary/aromatic N) is 3. The van der Waals surface area contributed by atoms with Crippen molar-refractivity contribution in [2.45, 2.75) is 83.6 Å². The Morgan fingerprint density at radius 3 is 2.59 bits per heavy atom. The Morgan fingerprint density at radius 1 is 1.18 bits per heavy atom. The van der Waals surface area contributed by atoms with Crippen LogP contribution in [0.15, 0.2) is 30.4 Å². The Labute approximate surface area is 253 Å². The van der Waals surface area contributed by atoms with Crippen LogP contribution in [0.5, 0.6) is 11.6 Å². The van der Waals surface area contributed by atoms with E-state index in [4.69, 9.17) is 14.2 Å². The summed E-state index contributed by atoms with van der Waals surface area (Å²) in [7, 11) is 1.46. The second-order valence-corrected chi connectivity index (χ2v) is 12.7. The minimum atomic E-state index is -3.58. The molecule has 2 aliphatic heterocycles. The van der Waals surface area contributed by atoms with E-state index in [1.807, 2.05) is 0 Å². The van der Waals surface area contributed by atoms with Gasteiger partial charge in [-0.3, -0.25) is 4.79 Å². The Balaban J connectivity index is 1.61. The fraction of sp³-hybridized carbons (Fsp3) is 0.581. The fourth-order valence-corrected chi connectivity index (χ4v) is 6.01. The molecule has 11 nitrogen and oxygen atoms in total. The van der Waals surface area contributed by atoms with Crippen LogP contribution in [0.4, 0.5) is 13.6 Å². The number of aromatic nitrogens is 2. The molecule has 1 saturated carbocycles. The van der Waals surface area contributed by atoms with E-state index in [0.717, 1.165) is 11.0 Å². The molecule has 2 amide bonds. The first-order chi connectivity index (χ1) is 20.7. The molecule has 2 bridgehead atoms. The van der Waals surface area contributed by atoms with Crippen LogP contribution in [-0.2, 0) is 20.2 Å². The zero-order valence-electron chi connectivity index (χ0n) is 25.4. The van der Waals surface area contributed by atoms with Gasteiger partial charge in [0.15, 0.2) is 5.69 Å². The number of nitrogens with one attached hydrogen (secondary N) is 1. The van der Waals surface area contributed by atoms with Crippen molar-refractivity contribution in [2.24, 2.45) is 17.3 Å². The summed E-state index contributed by atoms with van der Waals surface area (Å²) in [6.45, 7) is 6.75. The van der Waals surface area contributed by atoms with E-state index in [9.17, 15) is 19.5 Å². The van der Waals surface area contributed by atoms with Crippen LogP contribution < -0.4 is 14.8 Å². The predicted molar refractivity (Wildman–Crippen MR) is 154 cm³/mol. The summed E-state index contributed by atoms with van der Waals surface area (Å²) in [4.78, 5) is 49.3. The summed E-state index contributed by atoms with van der Waals surface area (Å²) in [6.07, 6.45) is 1.59. The van der Waals surface area contributed by atoms with E-state index in [1.165, 1.54) is 25.3 Å². The first-order valence-electron chi connectivity index (χ1n) is 14.8. The van der Waals surface area contributed by atoms with Crippen molar-refractivity contribution in [3.8, 4) is 11.6 Å². The number of ether oxygens (including phenoxy) is 3. The molecular weight excluding hydrogens is 578 g/mol. The molecule has 3 heterocycles. The number of allylic oxidation sites excluding steroid dienone is 2. The summed E-state index contributed by atoms with van der Waals surface area (Å²) in [5, 5.41) is 12.9. The molecule has 1 saturated heterocycles. The third-order valence-corrected chi connectivity index (χ3v) is 8.54. The Hall–Kier alpha value is -4.03. The number of rotatable bonds is 3. The smallest absolute Gasteiger partial charge is 0.408 e. The van der Waals surface area contributed by atoms with E-state index in [2.05, 4.69) is 15.3 Å². The summed E-state index contributed by atoms with van der Waals surface area (Å²) in [6, 6.07) is 2.18. The molecule has 0 spiro atoms. The number of hydrogen-bond acceptors (Lipinski definition) is 8. The number of amides is 2. The highest BCUT2D eigenvalue weighted by molar-refractivity contribution is 5.90. The van der Waals surface area contributed by atoms with Crippen LogP contribution >= 0.6 is 0 Å². The van der Waals surface area contributed by atoms with Gasteiger partial charge in [0.1, 0.15) is 30.0 Å². The number of alkyl halides is 2. The lowest BCUT2D eigenvalue weighted by molar-refractivity contribution is -0.151. The minimum Gasteiger partial charge on any atom is -0.497 e. The van der Waals surface area contributed by atoms with Gasteiger partial charge in [0.05, 0.1) is 24.7 Å². The summed E-state index contributed by atoms with van der Waals surface area (Å²) in [5.74, 6) is -6.30. The van der Waals surface area contributed by atoms with E-state index in [-0.39, 0.29) is 29.9 Å². The molecule has 2 aromatic rings. The zero-order valence-corrected chi connectivity index (χ0v) is 25.4. The van der Waals surface area contributed by atoms with E-state index < -0.39 is 71.1 Å². The topological polar surface area (TPSA) is 140 Å². The van der Waals surface area contributed by atoms with Crippen molar-refractivity contribution in [3.05, 3.63) is 36.0 Å². The van der Waals surface area contributed by atoms with Gasteiger partial charge in [0.25, 0.3) is 0 Å². The molecule has 2 fully saturated rings. The number of carbonyl (C=O) groups excluding carboxylic acids is 2. The van der Waals surface area contributed by atoms with E-state index in [0.29, 0.717) is 25.0 Å². The van der Waals surface area contributed by atoms with Crippen molar-refractivity contribution in [2.75, 3.05) is 13.7 Å². The highest BCUT2D eigenvalue weighted by Crippen LogP contribution is 2.41. The second kappa shape index (κ2) is 11.8. The van der Waals surface area contributed by atoms with Crippen molar-refractivity contribution in [3.63, 3.8) is 0 Å². The molecule has 1 aliphatic carbocycles. The standard InChI is InChI=1S/C31H38F2N4O7/c1-6-18-22-15-37(23(18)28(39)40)27(38)25(30(2,3)4)36-29(41)44-21-13-16(21)9-7-8-12-31(32,33)24-26(43-22)35-20-14-17(42-5)10-11-19(20)34-24/h8,10-12,14,16,18,21-23,25H,6-7,9,13,15H2,1-5H3,(H,36,41)(H,39,40)/b12-8+/t16-,18?,21-,22+,23+,25-/m1/s1. The summed E-state index contributed by atoms with van der Waals surface area (Å²) >= 11 is 0. The minimum absolute atomic E-state index is 0.00271. The highest BCUT2D eigenvalue weighted by Gasteiger charge is 2.52. The van der Waals surface area contributed by atoms with Gasteiger partial charge in [-0.2, -0.15) is 8.78 Å². The van der Waals surface area contributed by atoms with E-state index in [1.54, 1.807) is 33.8 Å². The molecule has 3 aliphatic rings. The van der Waals surface area contributed by atoms with Crippen molar-refractivity contribution in [1.82, 2.24) is 20.2 Å². The maximum atomic E-state index is 15.8. The Morgan fingerprint density at radius 2 is 1.93 bits per heavy atom. The molecule has 1 aromatic heterocycles. The number of fused-ring (bicyclic) bond motifs is 5. The lowest BCUT2D eigenvalue weighted by Gasteiger charge is -2.34. The number of carboxylic acids is 1. The predicted octanol–water partition coefficient (Wildman–Crippen LogP) is 4.68. The third-order valence-electron chi connectivity index (χ3n) is 8.54. The van der Waals surface area contributed by atoms with Gasteiger partial charge in [-0.05, 0) is 55.2 Å². The molecule has 0 radical (unpaired) electrons. The number of carboxylic acid groups (broad SMARTS) is 1. The van der Waals surface area contributed by atoms with Crippen molar-refractivity contribution >= 4 is 29.0 Å². The molecule has 44 heavy (non-hydrogen) atoms. The number of methoxy groups -OCH3 is 1. The van der Waals surface area contributed by atoms with Crippen LogP contribution in [0.3, 0.4) is 0 Å². The maximum Gasteiger partial charge on any atom is 0.408 e. The highest BCUT2D eigenvalue weighted by atomic mass is 19.3. The number of alkyl carbamates (subject to hydrolysis) is 1. The van der Waals surface area contributed by atoms with Crippen LogP contribution in [0.25, 0.3) is 11.0 Å². The van der Waals surface area contributed by atoms with Gasteiger partial charge in [-0.15, -0.1) is 0 Å². The lowest BCUT2D eigenvalue weighted by Crippen LogP contribution is -2.57. The quantitative estimate of drug-likeness (QED) is 0.471. The van der Waals surface area contributed by atoms with Crippen LogP contribution in [0, 0.1) is 17.3 Å². The van der Waals surface area contributed by atoms with Crippen molar-refractivity contribution in [1.29, 1.82) is 0 Å². The molecule has 13 heteroatoms. The number of halogens is 2. The van der Waals surface area contributed by atoms with Gasteiger partial charge in [0, 0.05) is 12.0 Å². The van der Waals surface area contributed by atoms with Gasteiger partial charge >= 0.3 is 18.0 Å². The van der Waals surface area contributed by atoms with Gasteiger partial charge < -0.3 is 29.5 Å². The molecule has 2 N–H and O–H groups in total. The molecule has 5 rings (SSSR count). The SMILES string of the molecule is CCC1[C@@H]2CN(C(=O)[C@H](C(C)(C)C)NC(=O)O[C@@H]3C[C@H]3CC/C=C/C(F)(F)c3nc4ccc(OC)cc4nc3O2)[C@@H]1C(=O)O. The first kappa shape index (κ1) is 31.4. The zero-order chi connectivity index (χ0) is 32.0. The molecule has 1 unspecified atom stereocenters. The van der Waals surface area contributed by atoms with Gasteiger partial charge in [-0.1, -0.05) is 33.8 Å². The number of hydrogen-bond donors (Lipinski definition) is 2. The second-order valence-electron chi connectivity index (χ2n) is 12.7. The van der Waals surface area contributed by atoms with Crippen LogP contribution in [-0.4, -0.2) is 75.9 Å². The molecule has 6 atom stereocenters. The largest absolute Gasteiger partial charge is 0.497 e. The third kappa shape index (κ3) is 6.27. The number of benzene rings is 1. The Kier molecular flexibility index (Phi) is 8.43. The average Bonchev–Trinajstić information content (AvgIpc) is 3.58. The average molecular weight is 617 g/mol. The van der Waals surface area contributed by atoms with Crippen LogP contribution in [0.2, 0.25) is 0 Å². The number of aliphatic carboxylic acids is 1. The number of carbonyl (C=O) groups is 3. The molecular formula is C31H38F2N4O7. The van der Waals surface area contributed by atoms with Crippen LogP contribution in [0.1, 0.15) is 59.1 Å². The molecule has 1 aromatic carbocycles. The van der Waals surface area contributed by atoms with Gasteiger partial charge in [-0.25, -0.2) is 19.6 Å². The molecule has 238 valence electrons. The summed E-state index contributed by atoms with van der Waals surface area (Å²) < 4.78 is 48.5. The van der Waals surface area contributed by atoms with Gasteiger partial charge in [0.2, 0.25) is 11.8 Å². The Bertz CT molecular complexity index is 1480. The van der Waals surface area contributed by atoms with Crippen molar-refractivity contribution < 1.29 is 42.5 Å². The monoisotopic (exact) mass is 616 g/mol. The normalized spacial score (nSPS) is 29.7. The first-order valence-corrected chi connectivity index (χ1v) is 14.8. The van der Waals surface area contributed by atoms with E-state index >= 15 is 8.78 Å². The fourth-order valence-electron chi connectivity index (χ4n) is 6.01. The lowest BCUT2D eigenvalue weighted by atomic mass is 9.85. The maximum absolute atomic E-state index is 15.8. The summed E-state index contributed by atoms with van der Waals surface area (Å²) in [5.41, 5.74) is -1.09.